The van der Waals surface area contributed by atoms with Gasteiger partial charge in [-0.2, -0.15) is 13.2 Å². The van der Waals surface area contributed by atoms with Crippen molar-refractivity contribution in [3.8, 4) is 0 Å². The molecule has 2 saturated heterocycles. The quantitative estimate of drug-likeness (QED) is 0.710. The van der Waals surface area contributed by atoms with Crippen LogP contribution >= 0.6 is 0 Å². The third-order valence-electron chi connectivity index (χ3n) is 6.80. The Morgan fingerprint density at radius 1 is 0.969 bits per heavy atom. The van der Waals surface area contributed by atoms with Crippen molar-refractivity contribution >= 4 is 17.3 Å². The number of anilines is 2. The van der Waals surface area contributed by atoms with Crippen molar-refractivity contribution in [3.05, 3.63) is 59.7 Å². The third kappa shape index (κ3) is 3.92. The van der Waals surface area contributed by atoms with Crippen LogP contribution in [0, 0.1) is 5.92 Å². The largest absolute Gasteiger partial charge is 0.416 e. The van der Waals surface area contributed by atoms with Crippen LogP contribution in [0.2, 0.25) is 0 Å². The number of alkyl halides is 3. The maximum Gasteiger partial charge on any atom is 0.416 e. The van der Waals surface area contributed by atoms with E-state index in [-0.39, 0.29) is 11.9 Å². The zero-order chi connectivity index (χ0) is 22.3. The molecule has 0 N–H and O–H groups in total. The summed E-state index contributed by atoms with van der Waals surface area (Å²) < 4.78 is 45.5. The van der Waals surface area contributed by atoms with Crippen molar-refractivity contribution in [2.75, 3.05) is 55.7 Å². The van der Waals surface area contributed by atoms with E-state index in [1.54, 1.807) is 6.07 Å². The fourth-order valence-electron chi connectivity index (χ4n) is 5.18. The van der Waals surface area contributed by atoms with Gasteiger partial charge in [0.25, 0.3) is 0 Å². The Kier molecular flexibility index (Phi) is 5.49. The van der Waals surface area contributed by atoms with E-state index in [1.807, 2.05) is 23.1 Å². The summed E-state index contributed by atoms with van der Waals surface area (Å²) in [5.74, 6) is -0.378. The molecule has 8 heteroatoms. The molecule has 170 valence electrons. The van der Waals surface area contributed by atoms with E-state index < -0.39 is 17.7 Å². The molecular weight excluding hydrogens is 419 g/mol. The maximum absolute atomic E-state index is 13.5. The van der Waals surface area contributed by atoms with Crippen LogP contribution in [0.15, 0.2) is 48.5 Å². The van der Waals surface area contributed by atoms with Crippen LogP contribution in [0.25, 0.3) is 0 Å². The van der Waals surface area contributed by atoms with Crippen molar-refractivity contribution in [3.63, 3.8) is 0 Å². The van der Waals surface area contributed by atoms with E-state index in [1.165, 1.54) is 6.07 Å². The molecule has 1 amide bonds. The zero-order valence-electron chi connectivity index (χ0n) is 17.7. The van der Waals surface area contributed by atoms with Crippen LogP contribution in [-0.4, -0.2) is 62.8 Å². The second-order valence-corrected chi connectivity index (χ2v) is 8.63. The predicted octanol–water partition coefficient (Wildman–Crippen LogP) is 3.43. The lowest BCUT2D eigenvalue weighted by Gasteiger charge is -2.50. The SMILES string of the molecule is O=C([C@@H]1Cc2cc(C(F)(F)F)ccc2N2CCN(c3ccccc3)C[C@@H]12)N1CCOCC1. The summed E-state index contributed by atoms with van der Waals surface area (Å²) in [6.45, 7) is 4.12. The molecule has 3 aliphatic rings. The van der Waals surface area contributed by atoms with Crippen LogP contribution in [0.5, 0.6) is 0 Å². The van der Waals surface area contributed by atoms with Crippen LogP contribution in [0.3, 0.4) is 0 Å². The van der Waals surface area contributed by atoms with Gasteiger partial charge in [-0.15, -0.1) is 0 Å². The zero-order valence-corrected chi connectivity index (χ0v) is 17.7. The van der Waals surface area contributed by atoms with Gasteiger partial charge in [-0.3, -0.25) is 4.79 Å². The smallest absolute Gasteiger partial charge is 0.378 e. The number of para-hydroxylation sites is 1. The van der Waals surface area contributed by atoms with Crippen LogP contribution in [-0.2, 0) is 22.1 Å². The fourth-order valence-corrected chi connectivity index (χ4v) is 5.18. The molecule has 0 spiro atoms. The topological polar surface area (TPSA) is 36.0 Å². The first-order valence-corrected chi connectivity index (χ1v) is 11.0. The van der Waals surface area contributed by atoms with E-state index in [9.17, 15) is 18.0 Å². The van der Waals surface area contributed by atoms with Crippen molar-refractivity contribution in [2.24, 2.45) is 5.92 Å². The minimum Gasteiger partial charge on any atom is -0.378 e. The Labute approximate surface area is 185 Å². The van der Waals surface area contributed by atoms with Gasteiger partial charge in [0.2, 0.25) is 5.91 Å². The van der Waals surface area contributed by atoms with Gasteiger partial charge in [0.15, 0.2) is 0 Å². The number of fused-ring (bicyclic) bond motifs is 3. The predicted molar refractivity (Wildman–Crippen MR) is 116 cm³/mol. The lowest BCUT2D eigenvalue weighted by molar-refractivity contribution is -0.140. The molecular formula is C24H26F3N3O2. The first-order valence-electron chi connectivity index (χ1n) is 11.0. The van der Waals surface area contributed by atoms with Crippen LogP contribution in [0.4, 0.5) is 24.5 Å². The second-order valence-electron chi connectivity index (χ2n) is 8.63. The molecule has 5 nitrogen and oxygen atoms in total. The number of rotatable bonds is 2. The summed E-state index contributed by atoms with van der Waals surface area (Å²) in [6, 6.07) is 13.9. The number of piperazine rings is 1. The van der Waals surface area contributed by atoms with Crippen molar-refractivity contribution in [1.29, 1.82) is 0 Å². The molecule has 0 radical (unpaired) electrons. The molecule has 2 aromatic rings. The second kappa shape index (κ2) is 8.31. The van der Waals surface area contributed by atoms with Gasteiger partial charge >= 0.3 is 6.18 Å². The highest BCUT2D eigenvalue weighted by Crippen LogP contribution is 2.40. The van der Waals surface area contributed by atoms with Crippen LogP contribution < -0.4 is 9.80 Å². The monoisotopic (exact) mass is 445 g/mol. The van der Waals surface area contributed by atoms with Crippen molar-refractivity contribution < 1.29 is 22.7 Å². The number of nitrogens with zero attached hydrogens (tertiary/aromatic N) is 3. The minimum absolute atomic E-state index is 0.0151. The highest BCUT2D eigenvalue weighted by Gasteiger charge is 2.44. The Hall–Kier alpha value is -2.74. The van der Waals surface area contributed by atoms with E-state index >= 15 is 0 Å². The van der Waals surface area contributed by atoms with Gasteiger partial charge in [-0.1, -0.05) is 18.2 Å². The maximum atomic E-state index is 13.5. The molecule has 2 aromatic carbocycles. The molecule has 3 aliphatic heterocycles. The molecule has 0 aliphatic carbocycles. The van der Waals surface area contributed by atoms with E-state index in [2.05, 4.69) is 21.9 Å². The number of carbonyl (C=O) groups is 1. The number of hydrogen-bond acceptors (Lipinski definition) is 4. The summed E-state index contributed by atoms with van der Waals surface area (Å²) in [7, 11) is 0. The molecule has 0 saturated carbocycles. The molecule has 2 atom stereocenters. The average molecular weight is 445 g/mol. The fraction of sp³-hybridized carbons (Fsp3) is 0.458. The van der Waals surface area contributed by atoms with E-state index in [4.69, 9.17) is 4.74 Å². The molecule has 0 bridgehead atoms. The normalized spacial score (nSPS) is 23.5. The average Bonchev–Trinajstić information content (AvgIpc) is 2.83. The highest BCUT2D eigenvalue weighted by molar-refractivity contribution is 5.82. The summed E-state index contributed by atoms with van der Waals surface area (Å²) in [6.07, 6.45) is -4.08. The van der Waals surface area contributed by atoms with Gasteiger partial charge in [-0.05, 0) is 42.3 Å². The first-order chi connectivity index (χ1) is 15.4. The van der Waals surface area contributed by atoms with E-state index in [0.717, 1.165) is 24.0 Å². The summed E-state index contributed by atoms with van der Waals surface area (Å²) >= 11 is 0. The Balaban J connectivity index is 1.49. The molecule has 0 aromatic heterocycles. The summed E-state index contributed by atoms with van der Waals surface area (Å²) in [5, 5.41) is 0. The molecule has 2 fully saturated rings. The number of halogens is 3. The lowest BCUT2D eigenvalue weighted by atomic mass is 9.82. The number of hydrogen-bond donors (Lipinski definition) is 0. The number of carbonyl (C=O) groups excluding carboxylic acids is 1. The van der Waals surface area contributed by atoms with Crippen molar-refractivity contribution in [1.82, 2.24) is 4.90 Å². The standard InChI is InChI=1S/C24H26F3N3O2/c25-24(26,27)18-6-7-21-17(14-18)15-20(23(31)28-10-12-32-13-11-28)22-16-29(8-9-30(21)22)19-4-2-1-3-5-19/h1-7,14,20,22H,8-13,15-16H2/t20-,22+/m1/s1. The van der Waals surface area contributed by atoms with Gasteiger partial charge in [0.1, 0.15) is 0 Å². The Morgan fingerprint density at radius 3 is 2.44 bits per heavy atom. The molecule has 5 rings (SSSR count). The van der Waals surface area contributed by atoms with Crippen molar-refractivity contribution in [2.45, 2.75) is 18.6 Å². The number of morpholine rings is 1. The van der Waals surface area contributed by atoms with Gasteiger partial charge in [0, 0.05) is 44.1 Å². The van der Waals surface area contributed by atoms with Crippen LogP contribution in [0.1, 0.15) is 11.1 Å². The molecule has 0 unspecified atom stereocenters. The molecule has 32 heavy (non-hydrogen) atoms. The van der Waals surface area contributed by atoms with E-state index in [0.29, 0.717) is 51.4 Å². The Morgan fingerprint density at radius 2 is 1.72 bits per heavy atom. The molecule has 3 heterocycles. The highest BCUT2D eigenvalue weighted by atomic mass is 19.4. The first kappa shape index (κ1) is 21.1. The van der Waals surface area contributed by atoms with Gasteiger partial charge in [-0.25, -0.2) is 0 Å². The minimum atomic E-state index is -4.40. The number of ether oxygens (including phenoxy) is 1. The number of benzene rings is 2. The van der Waals surface area contributed by atoms with Gasteiger partial charge < -0.3 is 19.4 Å². The van der Waals surface area contributed by atoms with Gasteiger partial charge in [0.05, 0.1) is 30.7 Å². The summed E-state index contributed by atoms with van der Waals surface area (Å²) in [4.78, 5) is 19.8. The number of amides is 1. The summed E-state index contributed by atoms with van der Waals surface area (Å²) in [5.41, 5.74) is 1.87. The lowest BCUT2D eigenvalue weighted by Crippen LogP contribution is -2.62. The Bertz CT molecular complexity index is 976. The third-order valence-corrected chi connectivity index (χ3v) is 6.80.